The molecule has 3 saturated carbocycles. The molecule has 0 radical (unpaired) electrons. The summed E-state index contributed by atoms with van der Waals surface area (Å²) in [6, 6.07) is 73.7. The van der Waals surface area contributed by atoms with E-state index < -0.39 is 0 Å². The minimum atomic E-state index is 0.126. The van der Waals surface area contributed by atoms with E-state index >= 15 is 0 Å². The first kappa shape index (κ1) is 129. The zero-order chi connectivity index (χ0) is 112. The third-order valence-corrected chi connectivity index (χ3v) is 38.9. The normalized spacial score (nSPS) is 21.0. The summed E-state index contributed by atoms with van der Waals surface area (Å²) in [4.78, 5) is 0. The number of pyridine rings is 5. The molecule has 0 amide bonds. The van der Waals surface area contributed by atoms with E-state index in [2.05, 4.69) is 483 Å². The van der Waals surface area contributed by atoms with Crippen molar-refractivity contribution >= 4 is 0 Å². The number of rotatable bonds is 5. The van der Waals surface area contributed by atoms with Crippen molar-refractivity contribution in [3.8, 4) is 78.5 Å². The van der Waals surface area contributed by atoms with Crippen LogP contribution in [0.4, 0.5) is 0 Å². The van der Waals surface area contributed by atoms with Crippen LogP contribution in [0.25, 0.3) is 78.5 Å². The monoisotopic (exact) mass is 1980 g/mol. The van der Waals surface area contributed by atoms with E-state index in [9.17, 15) is 0 Å². The van der Waals surface area contributed by atoms with Gasteiger partial charge >= 0.3 is 0 Å². The molecule has 6 atom stereocenters. The summed E-state index contributed by atoms with van der Waals surface area (Å²) in [5.74, 6) is 0.556. The molecule has 7 aromatic carbocycles. The van der Waals surface area contributed by atoms with Crippen LogP contribution in [0.5, 0.6) is 0 Å². The molecule has 0 aliphatic heterocycles. The van der Waals surface area contributed by atoms with Crippen LogP contribution in [0, 0.1) is 83.4 Å². The number of nitrogens with zero attached hydrogens (tertiary/aromatic N) is 5. The molecular weight excluding hydrogens is 1760 g/mol. The number of hydrogen-bond acceptors (Lipinski definition) is 0. The molecule has 0 N–H and O–H groups in total. The van der Waals surface area contributed by atoms with Gasteiger partial charge in [0.25, 0.3) is 0 Å². The highest BCUT2D eigenvalue weighted by Gasteiger charge is 2.82. The first-order valence-corrected chi connectivity index (χ1v) is 57.6. The molecule has 5 heteroatoms. The zero-order valence-electron chi connectivity index (χ0n) is 105. The fourth-order valence-electron chi connectivity index (χ4n) is 28.6. The van der Waals surface area contributed by atoms with Crippen molar-refractivity contribution in [3.05, 3.63) is 315 Å². The van der Waals surface area contributed by atoms with Crippen molar-refractivity contribution in [1.29, 1.82) is 0 Å². The third-order valence-electron chi connectivity index (χ3n) is 38.9. The molecule has 20 rings (SSSR count). The van der Waals surface area contributed by atoms with Gasteiger partial charge in [0.15, 0.2) is 31.0 Å². The van der Waals surface area contributed by atoms with Gasteiger partial charge in [-0.25, -0.2) is 22.8 Å². The van der Waals surface area contributed by atoms with Gasteiger partial charge in [0.1, 0.15) is 35.2 Å². The molecule has 3 fully saturated rings. The molecule has 8 aliphatic rings. The fraction of sp³-hybridized carbons (Fsp3) is 0.525. The van der Waals surface area contributed by atoms with Gasteiger partial charge in [-0.2, -0.15) is 0 Å². The lowest BCUT2D eigenvalue weighted by molar-refractivity contribution is -0.660. The molecule has 5 nitrogen and oxygen atoms in total. The van der Waals surface area contributed by atoms with Crippen molar-refractivity contribution in [2.75, 3.05) is 0 Å². The molecule has 6 unspecified atom stereocenters. The number of aromatic nitrogens is 5. The predicted octanol–water partition coefficient (Wildman–Crippen LogP) is 38.6. The summed E-state index contributed by atoms with van der Waals surface area (Å²) in [6.45, 7) is 117. The molecule has 5 aromatic heterocycles. The lowest BCUT2D eigenvalue weighted by Crippen LogP contribution is -2.50. The predicted molar refractivity (Wildman–Crippen MR) is 645 cm³/mol. The van der Waals surface area contributed by atoms with Crippen LogP contribution in [0.2, 0.25) is 0 Å². The van der Waals surface area contributed by atoms with E-state index in [1.807, 2.05) is 166 Å². The Bertz CT molecular complexity index is 6240. The first-order valence-electron chi connectivity index (χ1n) is 57.6. The molecule has 6 bridgehead atoms. The van der Waals surface area contributed by atoms with E-state index in [0.29, 0.717) is 5.92 Å². The molecule has 5 heterocycles. The highest BCUT2D eigenvalue weighted by molar-refractivity contribution is 5.91. The van der Waals surface area contributed by atoms with Crippen LogP contribution in [0.1, 0.15) is 415 Å². The van der Waals surface area contributed by atoms with E-state index in [1.54, 1.807) is 33.4 Å². The van der Waals surface area contributed by atoms with Gasteiger partial charge in [-0.3, -0.25) is 0 Å². The van der Waals surface area contributed by atoms with Gasteiger partial charge in [0.2, 0.25) is 28.5 Å². The molecule has 146 heavy (non-hydrogen) atoms. The molecule has 0 saturated heterocycles. The Balaban J connectivity index is 0.000000362. The Morgan fingerprint density at radius 3 is 0.959 bits per heavy atom. The molecule has 0 spiro atoms. The maximum atomic E-state index is 2.55. The van der Waals surface area contributed by atoms with Crippen molar-refractivity contribution in [2.45, 2.75) is 406 Å². The van der Waals surface area contributed by atoms with Crippen molar-refractivity contribution in [3.63, 3.8) is 0 Å². The van der Waals surface area contributed by atoms with E-state index in [1.165, 1.54) is 129 Å². The second kappa shape index (κ2) is 50.7. The topological polar surface area (TPSA) is 19.4 Å². The van der Waals surface area contributed by atoms with Gasteiger partial charge in [-0.15, -0.1) is 0 Å². The SMILES string of the molecule is CC.CC.CC.CC.CC.CC.CC.CC.CC.CC.CC.CC.Cc1c(-c2cccc[n+]2C)ccc2c1C1(C)C(C)(C)C(C)(C)C2(C)C1(C)C.Cc1cc2c(cc1-c1cccc[n+]1C)C1(C)C(C)(C)C(C)(C)C2(C)C1(C)C.Cc1ccc2c(c1-c1cccc[n+]1C)-c1ccccc1C2.Cc1ccc2c(c1-c1cccc[n+]1C)C1C(C)(C)C(C)(C)C2(C)C1(C)C.Cc1ccc2c(c1-c1cccc[n+]1C)Cc1ccccc1-2. The van der Waals surface area contributed by atoms with E-state index in [4.69, 9.17) is 0 Å². The average Bonchev–Trinajstić information content (AvgIpc) is 1.43. The van der Waals surface area contributed by atoms with Crippen molar-refractivity contribution in [2.24, 2.45) is 84.0 Å². The first-order chi connectivity index (χ1) is 69.0. The van der Waals surface area contributed by atoms with Crippen molar-refractivity contribution < 1.29 is 22.8 Å². The zero-order valence-corrected chi connectivity index (χ0v) is 105. The standard InChI is InChI=1S/2C26H36N.C25H34N.2C20H18N.12C2H6/c1-17-18(20-13-11-12-16-27(20)10)14-15-19-21(17)26(9)23(4,5)22(2,3)25(19,8)24(26,6)7;1-17-15-19-20(16-18(17)21-13-11-12-14-27(21)10)26(9)23(4,5)22(2,3)25(19,8)24(26,6)7;1-16-13-14-17-20(19(16)18-12-10-11-15-26(18)9)21-22(2,3)24(6,7)25(17,8)23(21,4)5;1-14-10-11-16-13-15-7-3-4-8-17(15)20(16)19(14)18-9-5-6-12-21(18)2;1-14-10-11-17-16-8-4-3-7-15(16)13-18(17)20(14)19-9-5-6-12-21(19)2;12*1-2/h2*11-16H,1-10H3;10-15,21H,1-9H3;2*3-12H,13H2,1-2H3;12*1-2H3/q5*+1;;;;;;;;;;;;. The Hall–Kier alpha value is -9.71. The quantitative estimate of drug-likeness (QED) is 0.153. The Morgan fingerprint density at radius 2 is 0.527 bits per heavy atom. The summed E-state index contributed by atoms with van der Waals surface area (Å²) < 4.78 is 11.2. The van der Waals surface area contributed by atoms with Gasteiger partial charge in [-0.1, -0.05) is 422 Å². The second-order valence-corrected chi connectivity index (χ2v) is 44.2. The highest BCUT2D eigenvalue weighted by atomic mass is 15.0. The smallest absolute Gasteiger partial charge is 0.201 e. The lowest BCUT2D eigenvalue weighted by Gasteiger charge is -2.54. The van der Waals surface area contributed by atoms with Crippen molar-refractivity contribution in [1.82, 2.24) is 0 Å². The highest BCUT2D eigenvalue weighted by Crippen LogP contribution is 2.86. The van der Waals surface area contributed by atoms with Crippen LogP contribution >= 0.6 is 0 Å². The fourth-order valence-corrected chi connectivity index (χ4v) is 28.6. The van der Waals surface area contributed by atoms with Crippen LogP contribution in [0.15, 0.2) is 231 Å². The minimum absolute atomic E-state index is 0.126. The third kappa shape index (κ3) is 19.4. The molecule has 8 aliphatic carbocycles. The maximum Gasteiger partial charge on any atom is 0.213 e. The van der Waals surface area contributed by atoms with Crippen LogP contribution in [0.3, 0.4) is 0 Å². The van der Waals surface area contributed by atoms with Crippen LogP contribution < -0.4 is 22.8 Å². The van der Waals surface area contributed by atoms with Gasteiger partial charge in [0.05, 0.1) is 16.7 Å². The van der Waals surface area contributed by atoms with Gasteiger partial charge < -0.3 is 0 Å². The largest absolute Gasteiger partial charge is 0.213 e. The van der Waals surface area contributed by atoms with E-state index in [0.717, 1.165) is 12.8 Å². The minimum Gasteiger partial charge on any atom is -0.201 e. The second-order valence-electron chi connectivity index (χ2n) is 44.2. The van der Waals surface area contributed by atoms with Crippen LogP contribution in [-0.2, 0) is 75.2 Å². The summed E-state index contributed by atoms with van der Waals surface area (Å²) in [5.41, 5.74) is 44.1. The number of benzene rings is 7. The molecule has 798 valence electrons. The number of hydrogen-bond donors (Lipinski definition) is 0. The maximum absolute atomic E-state index is 2.55. The van der Waals surface area contributed by atoms with Gasteiger partial charge in [-0.05, 0) is 250 Å². The summed E-state index contributed by atoms with van der Waals surface area (Å²) in [7, 11) is 10.7. The number of aryl methyl sites for hydroxylation is 9. The summed E-state index contributed by atoms with van der Waals surface area (Å²) in [5, 5.41) is 0. The van der Waals surface area contributed by atoms with Gasteiger partial charge in [0, 0.05) is 98.9 Å². The summed E-state index contributed by atoms with van der Waals surface area (Å²) >= 11 is 0. The molecule has 12 aromatic rings. The Kier molecular flexibility index (Phi) is 44.7. The summed E-state index contributed by atoms with van der Waals surface area (Å²) in [6.07, 6.45) is 12.8. The number of fused-ring (bicyclic) bond motifs is 21. The van der Waals surface area contributed by atoms with E-state index in [-0.39, 0.29) is 75.8 Å². The molecular formula is C141H214N5+5. The Morgan fingerprint density at radius 1 is 0.212 bits per heavy atom. The van der Waals surface area contributed by atoms with Crippen LogP contribution in [-0.4, -0.2) is 0 Å². The Labute approximate surface area is 899 Å². The average molecular weight is 1980 g/mol. The lowest BCUT2D eigenvalue weighted by atomic mass is 9.49.